The Balaban J connectivity index is 2.92. The fourth-order valence-corrected chi connectivity index (χ4v) is 2.82. The number of nitrogens with one attached hydrogen (secondary N) is 1. The van der Waals surface area contributed by atoms with Gasteiger partial charge in [0.15, 0.2) is 0 Å². The summed E-state index contributed by atoms with van der Waals surface area (Å²) in [6, 6.07) is 4.44. The fourth-order valence-electron chi connectivity index (χ4n) is 1.28. The van der Waals surface area contributed by atoms with Crippen LogP contribution in [0.1, 0.15) is 5.56 Å². The van der Waals surface area contributed by atoms with Gasteiger partial charge in [0.1, 0.15) is 4.90 Å². The molecule has 1 aromatic carbocycles. The van der Waals surface area contributed by atoms with Crippen molar-refractivity contribution in [3.05, 3.63) is 28.8 Å². The maximum absolute atomic E-state index is 12.0. The Labute approximate surface area is 117 Å². The lowest BCUT2D eigenvalue weighted by Gasteiger charge is -2.12. The SMILES string of the molecule is CN(C)C(=O)CNS(=O)(=O)c1ccc(CN)cc1Cl. The van der Waals surface area contributed by atoms with Crippen LogP contribution in [0.3, 0.4) is 0 Å². The number of likely N-dealkylation sites (N-methyl/N-ethyl adjacent to an activating group) is 1. The first-order valence-electron chi connectivity index (χ1n) is 5.46. The number of nitrogens with two attached hydrogens (primary N) is 1. The molecule has 0 bridgehead atoms. The minimum absolute atomic E-state index is 0.0714. The summed E-state index contributed by atoms with van der Waals surface area (Å²) in [7, 11) is -0.732. The van der Waals surface area contributed by atoms with Crippen LogP contribution in [0.15, 0.2) is 23.1 Å². The van der Waals surface area contributed by atoms with Gasteiger partial charge in [-0.15, -0.1) is 0 Å². The van der Waals surface area contributed by atoms with Crippen LogP contribution in [-0.4, -0.2) is 39.9 Å². The topological polar surface area (TPSA) is 92.5 Å². The van der Waals surface area contributed by atoms with Crippen LogP contribution in [0.2, 0.25) is 5.02 Å². The molecule has 8 heteroatoms. The van der Waals surface area contributed by atoms with Crippen LogP contribution in [-0.2, 0) is 21.4 Å². The third-order valence-electron chi connectivity index (χ3n) is 2.43. The Morgan fingerprint density at radius 1 is 1.42 bits per heavy atom. The summed E-state index contributed by atoms with van der Waals surface area (Å²) in [5, 5.41) is 0.0766. The van der Waals surface area contributed by atoms with Crippen molar-refractivity contribution in [3.8, 4) is 0 Å². The molecule has 106 valence electrons. The smallest absolute Gasteiger partial charge is 0.242 e. The van der Waals surface area contributed by atoms with Crippen LogP contribution < -0.4 is 10.5 Å². The molecule has 0 spiro atoms. The molecule has 1 amide bonds. The first-order chi connectivity index (χ1) is 8.77. The minimum Gasteiger partial charge on any atom is -0.348 e. The Morgan fingerprint density at radius 3 is 2.53 bits per heavy atom. The van der Waals surface area contributed by atoms with Crippen LogP contribution >= 0.6 is 11.6 Å². The molecular formula is C11H16ClN3O3S. The number of sulfonamides is 1. The largest absolute Gasteiger partial charge is 0.348 e. The average Bonchev–Trinajstić information content (AvgIpc) is 2.35. The lowest BCUT2D eigenvalue weighted by atomic mass is 10.2. The van der Waals surface area contributed by atoms with Gasteiger partial charge in [-0.3, -0.25) is 4.79 Å². The van der Waals surface area contributed by atoms with E-state index in [1.807, 2.05) is 0 Å². The van der Waals surface area contributed by atoms with Crippen LogP contribution in [0.25, 0.3) is 0 Å². The van der Waals surface area contributed by atoms with Crippen molar-refractivity contribution < 1.29 is 13.2 Å². The zero-order chi connectivity index (χ0) is 14.6. The normalized spacial score (nSPS) is 11.4. The first-order valence-corrected chi connectivity index (χ1v) is 7.32. The van der Waals surface area contributed by atoms with E-state index >= 15 is 0 Å². The van der Waals surface area contributed by atoms with Crippen molar-refractivity contribution in [1.82, 2.24) is 9.62 Å². The molecule has 19 heavy (non-hydrogen) atoms. The van der Waals surface area contributed by atoms with Crippen LogP contribution in [0.4, 0.5) is 0 Å². The van der Waals surface area contributed by atoms with Gasteiger partial charge in [0.05, 0.1) is 11.6 Å². The van der Waals surface area contributed by atoms with Gasteiger partial charge in [-0.05, 0) is 17.7 Å². The second-order valence-corrected chi connectivity index (χ2v) is 6.22. The molecule has 3 N–H and O–H groups in total. The monoisotopic (exact) mass is 305 g/mol. The summed E-state index contributed by atoms with van der Waals surface area (Å²) >= 11 is 5.90. The Hall–Kier alpha value is -1.15. The minimum atomic E-state index is -3.81. The molecular weight excluding hydrogens is 290 g/mol. The van der Waals surface area contributed by atoms with E-state index in [4.69, 9.17) is 17.3 Å². The predicted molar refractivity (Wildman–Crippen MR) is 73.2 cm³/mol. The van der Waals surface area contributed by atoms with E-state index in [0.29, 0.717) is 0 Å². The predicted octanol–water partition coefficient (Wildman–Crippen LogP) is 0.165. The van der Waals surface area contributed by atoms with E-state index in [0.717, 1.165) is 5.56 Å². The highest BCUT2D eigenvalue weighted by atomic mass is 35.5. The molecule has 0 aromatic heterocycles. The number of halogens is 1. The summed E-state index contributed by atoms with van der Waals surface area (Å²) in [4.78, 5) is 12.6. The van der Waals surface area contributed by atoms with E-state index in [2.05, 4.69) is 4.72 Å². The Kier molecular flexibility index (Phi) is 5.30. The lowest BCUT2D eigenvalue weighted by molar-refractivity contribution is -0.127. The molecule has 0 saturated carbocycles. The summed E-state index contributed by atoms with van der Waals surface area (Å²) in [6.45, 7) is -0.0447. The van der Waals surface area contributed by atoms with Crippen molar-refractivity contribution in [2.45, 2.75) is 11.4 Å². The van der Waals surface area contributed by atoms with Gasteiger partial charge in [-0.2, -0.15) is 0 Å². The fraction of sp³-hybridized carbons (Fsp3) is 0.364. The summed E-state index contributed by atoms with van der Waals surface area (Å²) in [6.07, 6.45) is 0. The van der Waals surface area contributed by atoms with E-state index in [1.165, 1.54) is 17.0 Å². The molecule has 0 radical (unpaired) electrons. The number of benzene rings is 1. The molecule has 0 aliphatic carbocycles. The molecule has 0 heterocycles. The quantitative estimate of drug-likeness (QED) is 0.811. The van der Waals surface area contributed by atoms with Crippen molar-refractivity contribution in [2.24, 2.45) is 5.73 Å². The van der Waals surface area contributed by atoms with Gasteiger partial charge in [-0.1, -0.05) is 17.7 Å². The van der Waals surface area contributed by atoms with Crippen molar-refractivity contribution in [3.63, 3.8) is 0 Å². The molecule has 1 aromatic rings. The summed E-state index contributed by atoms with van der Waals surface area (Å²) in [5.41, 5.74) is 6.17. The lowest BCUT2D eigenvalue weighted by Crippen LogP contribution is -2.36. The van der Waals surface area contributed by atoms with E-state index in [1.54, 1.807) is 20.2 Å². The van der Waals surface area contributed by atoms with Gasteiger partial charge >= 0.3 is 0 Å². The van der Waals surface area contributed by atoms with Gasteiger partial charge in [0, 0.05) is 20.6 Å². The van der Waals surface area contributed by atoms with Crippen molar-refractivity contribution in [2.75, 3.05) is 20.6 Å². The van der Waals surface area contributed by atoms with Gasteiger partial charge in [0.2, 0.25) is 15.9 Å². The highest BCUT2D eigenvalue weighted by Crippen LogP contribution is 2.22. The van der Waals surface area contributed by atoms with Crippen molar-refractivity contribution >= 4 is 27.5 Å². The number of rotatable bonds is 5. The zero-order valence-electron chi connectivity index (χ0n) is 10.7. The molecule has 0 unspecified atom stereocenters. The Bertz CT molecular complexity index is 573. The number of carbonyl (C=O) groups is 1. The van der Waals surface area contributed by atoms with Gasteiger partial charge in [-0.25, -0.2) is 13.1 Å². The standard InChI is InChI=1S/C11H16ClN3O3S/c1-15(2)11(16)7-14-19(17,18)10-4-3-8(6-13)5-9(10)12/h3-5,14H,6-7,13H2,1-2H3. The van der Waals surface area contributed by atoms with Gasteiger partial charge < -0.3 is 10.6 Å². The molecule has 6 nitrogen and oxygen atoms in total. The third-order valence-corrected chi connectivity index (χ3v) is 4.32. The molecule has 0 fully saturated rings. The molecule has 1 rings (SSSR count). The maximum Gasteiger partial charge on any atom is 0.242 e. The molecule has 0 atom stereocenters. The zero-order valence-corrected chi connectivity index (χ0v) is 12.3. The molecule has 0 aliphatic rings. The highest BCUT2D eigenvalue weighted by molar-refractivity contribution is 7.89. The summed E-state index contributed by atoms with van der Waals surface area (Å²) in [5.74, 6) is -0.349. The van der Waals surface area contributed by atoms with Gasteiger partial charge in [0.25, 0.3) is 0 Å². The van der Waals surface area contributed by atoms with E-state index in [9.17, 15) is 13.2 Å². The van der Waals surface area contributed by atoms with E-state index < -0.39 is 10.0 Å². The van der Waals surface area contributed by atoms with E-state index in [-0.39, 0.29) is 28.9 Å². The first kappa shape index (κ1) is 15.9. The average molecular weight is 306 g/mol. The third kappa shape index (κ3) is 4.17. The number of nitrogens with zero attached hydrogens (tertiary/aromatic N) is 1. The second-order valence-electron chi connectivity index (χ2n) is 4.08. The number of amides is 1. The summed E-state index contributed by atoms with van der Waals surface area (Å²) < 4.78 is 26.2. The van der Waals surface area contributed by atoms with Crippen molar-refractivity contribution in [1.29, 1.82) is 0 Å². The number of hydrogen-bond donors (Lipinski definition) is 2. The number of hydrogen-bond acceptors (Lipinski definition) is 4. The Morgan fingerprint density at radius 2 is 2.05 bits per heavy atom. The molecule has 0 aliphatic heterocycles. The highest BCUT2D eigenvalue weighted by Gasteiger charge is 2.19. The number of carbonyl (C=O) groups excluding carboxylic acids is 1. The molecule has 0 saturated heterocycles. The maximum atomic E-state index is 12.0. The second kappa shape index (κ2) is 6.33. The van der Waals surface area contributed by atoms with Crippen LogP contribution in [0, 0.1) is 0 Å². The van der Waals surface area contributed by atoms with Crippen LogP contribution in [0.5, 0.6) is 0 Å².